The molecule has 0 aliphatic carbocycles. The fourth-order valence-corrected chi connectivity index (χ4v) is 14.2. The summed E-state index contributed by atoms with van der Waals surface area (Å²) in [5.41, 5.74) is 9.52. The van der Waals surface area contributed by atoms with E-state index in [1.54, 1.807) is 0 Å². The lowest BCUT2D eigenvalue weighted by Gasteiger charge is -2.34. The maximum Gasteiger partial charge on any atom is 0.179 e. The summed E-state index contributed by atoms with van der Waals surface area (Å²) in [7, 11) is -2.81. The maximum atomic E-state index is 2.56. The lowest BCUT2D eigenvalue weighted by molar-refractivity contribution is 1.17. The van der Waals surface area contributed by atoms with Crippen molar-refractivity contribution < 1.29 is 0 Å². The van der Waals surface area contributed by atoms with Crippen molar-refractivity contribution in [1.29, 1.82) is 0 Å². The van der Waals surface area contributed by atoms with Crippen LogP contribution in [0, 0.1) is 0 Å². The Balaban J connectivity index is 1.29. The number of benzene rings is 9. The smallest absolute Gasteiger partial charge is 0.179 e. The summed E-state index contributed by atoms with van der Waals surface area (Å²) in [6.07, 6.45) is 0. The molecule has 9 aromatic carbocycles. The van der Waals surface area contributed by atoms with Gasteiger partial charge in [-0.2, -0.15) is 0 Å². The minimum atomic E-state index is -2.81. The third kappa shape index (κ3) is 5.17. The maximum absolute atomic E-state index is 2.81. The lowest BCUT2D eigenvalue weighted by Crippen LogP contribution is -2.74. The molecular formula is C54H38N2Si. The van der Waals surface area contributed by atoms with Crippen LogP contribution in [-0.4, -0.2) is 17.2 Å². The number of fused-ring (bicyclic) bond motifs is 6. The van der Waals surface area contributed by atoms with E-state index >= 15 is 0 Å². The first-order valence-electron chi connectivity index (χ1n) is 19.7. The fraction of sp³-hybridized carbons (Fsp3) is 0. The molecule has 0 spiro atoms. The number of hydrogen-bond acceptors (Lipinski definition) is 0. The van der Waals surface area contributed by atoms with Crippen molar-refractivity contribution in [2.45, 2.75) is 0 Å². The van der Waals surface area contributed by atoms with Gasteiger partial charge in [-0.3, -0.25) is 0 Å². The molecule has 0 saturated carbocycles. The van der Waals surface area contributed by atoms with E-state index in [2.05, 4.69) is 240 Å². The Kier molecular flexibility index (Phi) is 7.87. The standard InChI is InChI=1S/C54H38N2Si/c1-6-19-39(20-7-1)40-33-35-46-47-36-34-45(57(42-23-10-3-11-24-42,43-25-12-4-13-26-43)44-27-14-5-15-28-44)38-53(47)56(52(46)37-40)51-32-18-31-50-54(51)48-29-16-17-30-49(48)55(50)41-21-8-2-9-22-41/h1-38H. The van der Waals surface area contributed by atoms with Crippen molar-refractivity contribution >= 4 is 72.4 Å². The fourth-order valence-electron chi connectivity index (χ4n) is 9.43. The van der Waals surface area contributed by atoms with Crippen molar-refractivity contribution in [2.75, 3.05) is 0 Å². The molecule has 11 rings (SSSR count). The summed E-state index contributed by atoms with van der Waals surface area (Å²) in [5.74, 6) is 0. The molecular weight excluding hydrogens is 705 g/mol. The summed E-state index contributed by atoms with van der Waals surface area (Å²) in [6, 6.07) is 85.3. The van der Waals surface area contributed by atoms with E-state index in [9.17, 15) is 0 Å². The van der Waals surface area contributed by atoms with Gasteiger partial charge in [-0.15, -0.1) is 0 Å². The Morgan fingerprint density at radius 3 is 1.42 bits per heavy atom. The van der Waals surface area contributed by atoms with Crippen LogP contribution < -0.4 is 20.7 Å². The van der Waals surface area contributed by atoms with Crippen molar-refractivity contribution in [3.63, 3.8) is 0 Å². The van der Waals surface area contributed by atoms with Gasteiger partial charge >= 0.3 is 0 Å². The van der Waals surface area contributed by atoms with E-state index in [4.69, 9.17) is 0 Å². The topological polar surface area (TPSA) is 9.86 Å². The zero-order valence-corrected chi connectivity index (χ0v) is 32.3. The van der Waals surface area contributed by atoms with Crippen LogP contribution in [0.1, 0.15) is 0 Å². The van der Waals surface area contributed by atoms with Gasteiger partial charge < -0.3 is 9.13 Å². The molecule has 268 valence electrons. The third-order valence-corrected chi connectivity index (χ3v) is 16.6. The van der Waals surface area contributed by atoms with E-state index in [0.717, 1.165) is 5.69 Å². The van der Waals surface area contributed by atoms with Gasteiger partial charge in [-0.05, 0) is 74.3 Å². The molecule has 2 heterocycles. The van der Waals surface area contributed by atoms with Gasteiger partial charge in [-0.25, -0.2) is 0 Å². The minimum Gasteiger partial charge on any atom is -0.309 e. The van der Waals surface area contributed by atoms with E-state index in [1.165, 1.54) is 81.2 Å². The predicted octanol–water partition coefficient (Wildman–Crippen LogP) is 10.9. The van der Waals surface area contributed by atoms with Gasteiger partial charge in [0.05, 0.1) is 27.8 Å². The van der Waals surface area contributed by atoms with Gasteiger partial charge in [0.15, 0.2) is 8.07 Å². The number of para-hydroxylation sites is 2. The van der Waals surface area contributed by atoms with Crippen LogP contribution in [0.4, 0.5) is 0 Å². The van der Waals surface area contributed by atoms with E-state index in [0.29, 0.717) is 0 Å². The Bertz CT molecular complexity index is 3110. The SMILES string of the molecule is c1ccc(-c2ccc3c4ccc([Si](c5ccccc5)(c5ccccc5)c5ccccc5)cc4n(-c4cccc5c4c4ccccc4n5-c4ccccc4)c3c2)cc1. The summed E-state index contributed by atoms with van der Waals surface area (Å²) in [6.45, 7) is 0. The predicted molar refractivity (Wildman–Crippen MR) is 244 cm³/mol. The number of nitrogens with zero attached hydrogens (tertiary/aromatic N) is 2. The normalized spacial score (nSPS) is 11.9. The van der Waals surface area contributed by atoms with Crippen LogP contribution in [0.3, 0.4) is 0 Å². The van der Waals surface area contributed by atoms with Crippen molar-refractivity contribution in [1.82, 2.24) is 9.13 Å². The first-order chi connectivity index (χ1) is 28.3. The van der Waals surface area contributed by atoms with Crippen LogP contribution in [-0.2, 0) is 0 Å². The van der Waals surface area contributed by atoms with Gasteiger partial charge in [-0.1, -0.05) is 188 Å². The first-order valence-corrected chi connectivity index (χ1v) is 21.7. The molecule has 0 amide bonds. The highest BCUT2D eigenvalue weighted by atomic mass is 28.3. The monoisotopic (exact) mass is 742 g/mol. The molecule has 0 fully saturated rings. The van der Waals surface area contributed by atoms with E-state index < -0.39 is 8.07 Å². The lowest BCUT2D eigenvalue weighted by atomic mass is 10.0. The molecule has 0 aliphatic heterocycles. The Morgan fingerprint density at radius 1 is 0.281 bits per heavy atom. The zero-order valence-electron chi connectivity index (χ0n) is 31.3. The zero-order chi connectivity index (χ0) is 37.8. The van der Waals surface area contributed by atoms with Crippen molar-refractivity contribution in [2.24, 2.45) is 0 Å². The second-order valence-corrected chi connectivity index (χ2v) is 18.7. The Labute approximate surface area is 333 Å². The second kappa shape index (κ2) is 13.5. The molecule has 0 saturated heterocycles. The van der Waals surface area contributed by atoms with Gasteiger partial charge in [0.2, 0.25) is 0 Å². The average molecular weight is 743 g/mol. The molecule has 57 heavy (non-hydrogen) atoms. The van der Waals surface area contributed by atoms with E-state index in [-0.39, 0.29) is 0 Å². The van der Waals surface area contributed by atoms with Crippen LogP contribution >= 0.6 is 0 Å². The van der Waals surface area contributed by atoms with Gasteiger partial charge in [0.1, 0.15) is 0 Å². The summed E-state index contributed by atoms with van der Waals surface area (Å²) >= 11 is 0. The molecule has 2 nitrogen and oxygen atoms in total. The molecule has 2 aromatic heterocycles. The quantitative estimate of drug-likeness (QED) is 0.114. The van der Waals surface area contributed by atoms with Crippen LogP contribution in [0.15, 0.2) is 231 Å². The number of hydrogen-bond donors (Lipinski definition) is 0. The minimum absolute atomic E-state index is 1.15. The molecule has 11 aromatic rings. The average Bonchev–Trinajstić information content (AvgIpc) is 3.81. The largest absolute Gasteiger partial charge is 0.309 e. The summed E-state index contributed by atoms with van der Waals surface area (Å²) < 4.78 is 4.98. The van der Waals surface area contributed by atoms with Gasteiger partial charge in [0.25, 0.3) is 0 Å². The van der Waals surface area contributed by atoms with Crippen LogP contribution in [0.2, 0.25) is 0 Å². The first kappa shape index (κ1) is 33.2. The third-order valence-electron chi connectivity index (χ3n) is 11.9. The molecule has 0 N–H and O–H groups in total. The second-order valence-electron chi connectivity index (χ2n) is 14.9. The van der Waals surface area contributed by atoms with Crippen LogP contribution in [0.25, 0.3) is 66.1 Å². The molecule has 0 aliphatic rings. The molecule has 0 atom stereocenters. The van der Waals surface area contributed by atoms with Crippen LogP contribution in [0.5, 0.6) is 0 Å². The number of aromatic nitrogens is 2. The molecule has 0 bridgehead atoms. The van der Waals surface area contributed by atoms with E-state index in [1.807, 2.05) is 0 Å². The molecule has 0 radical (unpaired) electrons. The highest BCUT2D eigenvalue weighted by Crippen LogP contribution is 2.40. The van der Waals surface area contributed by atoms with Gasteiger partial charge in [0, 0.05) is 27.2 Å². The highest BCUT2D eigenvalue weighted by Gasteiger charge is 2.41. The summed E-state index contributed by atoms with van der Waals surface area (Å²) in [5, 5.41) is 10.4. The molecule has 0 unspecified atom stereocenters. The van der Waals surface area contributed by atoms with Crippen molar-refractivity contribution in [3.8, 4) is 22.5 Å². The Hall–Kier alpha value is -7.20. The molecule has 3 heteroatoms. The Morgan fingerprint density at radius 2 is 0.789 bits per heavy atom. The highest BCUT2D eigenvalue weighted by molar-refractivity contribution is 7.20. The van der Waals surface area contributed by atoms with Crippen molar-refractivity contribution in [3.05, 3.63) is 231 Å². The number of rotatable bonds is 7. The summed E-state index contributed by atoms with van der Waals surface area (Å²) in [4.78, 5) is 0.